The summed E-state index contributed by atoms with van der Waals surface area (Å²) < 4.78 is 0. The van der Waals surface area contributed by atoms with Crippen molar-refractivity contribution in [3.63, 3.8) is 0 Å². The maximum atomic E-state index is 11.0. The lowest BCUT2D eigenvalue weighted by molar-refractivity contribution is -0.114. The maximum absolute atomic E-state index is 11.0. The van der Waals surface area contributed by atoms with E-state index in [0.29, 0.717) is 11.9 Å². The number of rotatable bonds is 7. The monoisotopic (exact) mass is 327 g/mol. The Bertz CT molecular complexity index is 682. The average Bonchev–Trinajstić information content (AvgIpc) is 2.48. The second kappa shape index (κ2) is 8.29. The van der Waals surface area contributed by atoms with Crippen molar-refractivity contribution in [3.05, 3.63) is 36.0 Å². The van der Waals surface area contributed by atoms with E-state index >= 15 is 0 Å². The van der Waals surface area contributed by atoms with E-state index in [1.807, 2.05) is 37.3 Å². The molecule has 0 radical (unpaired) electrons. The van der Waals surface area contributed by atoms with Crippen molar-refractivity contribution in [2.24, 2.45) is 5.92 Å². The molecule has 0 aliphatic rings. The first-order chi connectivity index (χ1) is 11.4. The highest BCUT2D eigenvalue weighted by Gasteiger charge is 2.04. The molecule has 0 aliphatic heterocycles. The van der Waals surface area contributed by atoms with Gasteiger partial charge in [0.25, 0.3) is 0 Å². The van der Waals surface area contributed by atoms with Crippen LogP contribution in [0.2, 0.25) is 0 Å². The van der Waals surface area contributed by atoms with Crippen LogP contribution < -0.4 is 16.0 Å². The van der Waals surface area contributed by atoms with Crippen molar-refractivity contribution in [1.29, 1.82) is 0 Å². The Labute approximate surface area is 143 Å². The summed E-state index contributed by atoms with van der Waals surface area (Å²) in [5.74, 6) is 1.94. The fourth-order valence-electron chi connectivity index (χ4n) is 2.17. The van der Waals surface area contributed by atoms with E-state index in [9.17, 15) is 4.79 Å². The van der Waals surface area contributed by atoms with Crippen LogP contribution in [0.4, 0.5) is 23.1 Å². The minimum Gasteiger partial charge on any atom is -0.370 e. The Kier molecular flexibility index (Phi) is 6.12. The molecule has 0 atom stereocenters. The van der Waals surface area contributed by atoms with E-state index in [4.69, 9.17) is 0 Å². The number of amides is 1. The number of hydrogen-bond donors (Lipinski definition) is 3. The van der Waals surface area contributed by atoms with Gasteiger partial charge in [0.15, 0.2) is 0 Å². The first kappa shape index (κ1) is 17.7. The van der Waals surface area contributed by atoms with Crippen LogP contribution in [0.3, 0.4) is 0 Å². The molecule has 0 fully saturated rings. The third kappa shape index (κ3) is 5.87. The molecule has 6 nitrogen and oxygen atoms in total. The fraction of sp³-hybridized carbons (Fsp3) is 0.389. The smallest absolute Gasteiger partial charge is 0.229 e. The van der Waals surface area contributed by atoms with E-state index in [-0.39, 0.29) is 5.91 Å². The average molecular weight is 327 g/mol. The Balaban J connectivity index is 2.03. The molecule has 2 aromatic rings. The number of anilines is 4. The number of nitrogens with zero attached hydrogens (tertiary/aromatic N) is 2. The zero-order valence-corrected chi connectivity index (χ0v) is 14.7. The minimum atomic E-state index is -0.0881. The van der Waals surface area contributed by atoms with Gasteiger partial charge < -0.3 is 16.0 Å². The number of aromatic nitrogens is 2. The van der Waals surface area contributed by atoms with Gasteiger partial charge in [0.1, 0.15) is 5.82 Å². The number of carbonyl (C=O) groups is 1. The molecule has 0 spiro atoms. The molecule has 1 heterocycles. The lowest BCUT2D eigenvalue weighted by Crippen LogP contribution is -2.08. The molecule has 6 heteroatoms. The van der Waals surface area contributed by atoms with Gasteiger partial charge in [-0.2, -0.15) is 4.98 Å². The number of hydrogen-bond acceptors (Lipinski definition) is 5. The molecule has 0 aliphatic carbocycles. The predicted molar refractivity (Wildman–Crippen MR) is 98.7 cm³/mol. The summed E-state index contributed by atoms with van der Waals surface area (Å²) in [4.78, 5) is 19.9. The summed E-state index contributed by atoms with van der Waals surface area (Å²) in [6.45, 7) is 8.72. The van der Waals surface area contributed by atoms with Gasteiger partial charge in [0.05, 0.1) is 0 Å². The summed E-state index contributed by atoms with van der Waals surface area (Å²) in [5.41, 5.74) is 2.52. The molecule has 1 aromatic heterocycles. The van der Waals surface area contributed by atoms with Crippen molar-refractivity contribution in [1.82, 2.24) is 9.97 Å². The fourth-order valence-corrected chi connectivity index (χ4v) is 2.17. The first-order valence-electron chi connectivity index (χ1n) is 8.16. The van der Waals surface area contributed by atoms with Crippen molar-refractivity contribution < 1.29 is 4.79 Å². The molecule has 1 aromatic carbocycles. The topological polar surface area (TPSA) is 78.9 Å². The summed E-state index contributed by atoms with van der Waals surface area (Å²) in [6.07, 6.45) is 1.09. The largest absolute Gasteiger partial charge is 0.370 e. The third-order valence-corrected chi connectivity index (χ3v) is 3.34. The molecule has 128 valence electrons. The molecule has 0 saturated carbocycles. The third-order valence-electron chi connectivity index (χ3n) is 3.34. The number of carbonyl (C=O) groups excluding carboxylic acids is 1. The van der Waals surface area contributed by atoms with Crippen molar-refractivity contribution in [2.75, 3.05) is 22.5 Å². The van der Waals surface area contributed by atoms with Crippen LogP contribution in [-0.2, 0) is 4.79 Å². The molecule has 2 rings (SSSR count). The van der Waals surface area contributed by atoms with E-state index in [0.717, 1.165) is 35.9 Å². The highest BCUT2D eigenvalue weighted by atomic mass is 16.1. The molecule has 0 unspecified atom stereocenters. The zero-order valence-electron chi connectivity index (χ0n) is 14.7. The van der Waals surface area contributed by atoms with E-state index in [2.05, 4.69) is 39.8 Å². The van der Waals surface area contributed by atoms with E-state index < -0.39 is 0 Å². The molecular formula is C18H25N5O. The molecule has 3 N–H and O–H groups in total. The highest BCUT2D eigenvalue weighted by Crippen LogP contribution is 2.18. The van der Waals surface area contributed by atoms with Gasteiger partial charge in [0.2, 0.25) is 11.9 Å². The van der Waals surface area contributed by atoms with Gasteiger partial charge in [-0.25, -0.2) is 4.98 Å². The molecular weight excluding hydrogens is 302 g/mol. The molecule has 24 heavy (non-hydrogen) atoms. The number of benzene rings is 1. The maximum Gasteiger partial charge on any atom is 0.229 e. The van der Waals surface area contributed by atoms with Gasteiger partial charge in [-0.15, -0.1) is 0 Å². The quantitative estimate of drug-likeness (QED) is 0.718. The summed E-state index contributed by atoms with van der Waals surface area (Å²) in [6, 6.07) is 9.36. The van der Waals surface area contributed by atoms with E-state index in [1.54, 1.807) is 0 Å². The van der Waals surface area contributed by atoms with Crippen LogP contribution >= 0.6 is 0 Å². The lowest BCUT2D eigenvalue weighted by Gasteiger charge is -2.11. The second-order valence-corrected chi connectivity index (χ2v) is 6.21. The van der Waals surface area contributed by atoms with Crippen LogP contribution in [0, 0.1) is 12.8 Å². The van der Waals surface area contributed by atoms with Gasteiger partial charge >= 0.3 is 0 Å². The van der Waals surface area contributed by atoms with Gasteiger partial charge in [-0.3, -0.25) is 4.79 Å². The Hall–Kier alpha value is -2.63. The zero-order chi connectivity index (χ0) is 17.5. The van der Waals surface area contributed by atoms with E-state index in [1.165, 1.54) is 6.92 Å². The Morgan fingerprint density at radius 2 is 1.79 bits per heavy atom. The Morgan fingerprint density at radius 1 is 1.12 bits per heavy atom. The first-order valence-corrected chi connectivity index (χ1v) is 8.16. The van der Waals surface area contributed by atoms with Crippen LogP contribution in [0.1, 0.15) is 32.9 Å². The predicted octanol–water partition coefficient (Wildman–Crippen LogP) is 3.95. The Morgan fingerprint density at radius 3 is 2.42 bits per heavy atom. The normalized spacial score (nSPS) is 10.5. The van der Waals surface area contributed by atoms with Gasteiger partial charge in [0, 0.05) is 36.6 Å². The van der Waals surface area contributed by atoms with Crippen molar-refractivity contribution in [3.8, 4) is 0 Å². The number of nitrogens with one attached hydrogen (secondary N) is 3. The summed E-state index contributed by atoms with van der Waals surface area (Å²) >= 11 is 0. The highest BCUT2D eigenvalue weighted by molar-refractivity contribution is 5.88. The van der Waals surface area contributed by atoms with Crippen LogP contribution in [0.5, 0.6) is 0 Å². The standard InChI is InChI=1S/C18H25N5O/c1-12(2)9-10-19-17-11-13(3)20-18(23-17)22-16-7-5-15(6-8-16)21-14(4)24/h5-8,11-12H,9-10H2,1-4H3,(H,21,24)(H2,19,20,22,23). The van der Waals surface area contributed by atoms with Gasteiger partial charge in [-0.1, -0.05) is 13.8 Å². The van der Waals surface area contributed by atoms with Crippen LogP contribution in [0.25, 0.3) is 0 Å². The molecule has 0 saturated heterocycles. The minimum absolute atomic E-state index is 0.0881. The molecule has 1 amide bonds. The lowest BCUT2D eigenvalue weighted by atomic mass is 10.1. The summed E-state index contributed by atoms with van der Waals surface area (Å²) in [5, 5.41) is 9.26. The number of aryl methyl sites for hydroxylation is 1. The van der Waals surface area contributed by atoms with Crippen LogP contribution in [-0.4, -0.2) is 22.4 Å². The van der Waals surface area contributed by atoms with Gasteiger partial charge in [-0.05, 0) is 43.5 Å². The second-order valence-electron chi connectivity index (χ2n) is 6.21. The van der Waals surface area contributed by atoms with Crippen molar-refractivity contribution in [2.45, 2.75) is 34.1 Å². The summed E-state index contributed by atoms with van der Waals surface area (Å²) in [7, 11) is 0. The van der Waals surface area contributed by atoms with Crippen molar-refractivity contribution >= 4 is 29.0 Å². The molecule has 0 bridgehead atoms. The SMILES string of the molecule is CC(=O)Nc1ccc(Nc2nc(C)cc(NCCC(C)C)n2)cc1. The van der Waals surface area contributed by atoms with Crippen LogP contribution in [0.15, 0.2) is 30.3 Å².